The van der Waals surface area contributed by atoms with Crippen LogP contribution in [-0.2, 0) is 14.4 Å². The molecule has 2 amide bonds. The molecule has 0 radical (unpaired) electrons. The van der Waals surface area contributed by atoms with Crippen molar-refractivity contribution in [3.63, 3.8) is 0 Å². The molecule has 0 bridgehead atoms. The lowest BCUT2D eigenvalue weighted by Gasteiger charge is -2.22. The fourth-order valence-corrected chi connectivity index (χ4v) is 2.04. The topological polar surface area (TPSA) is 86.7 Å². The first-order chi connectivity index (χ1) is 9.83. The highest BCUT2D eigenvalue weighted by molar-refractivity contribution is 5.87. The molecule has 122 valence electrons. The van der Waals surface area contributed by atoms with E-state index < -0.39 is 17.9 Å². The predicted molar refractivity (Wildman–Crippen MR) is 80.8 cm³/mol. The predicted octanol–water partition coefficient (Wildman–Crippen LogP) is 1.64. The summed E-state index contributed by atoms with van der Waals surface area (Å²) < 4.78 is 0. The summed E-state index contributed by atoms with van der Waals surface area (Å²) in [5.74, 6) is -1.69. The molecule has 1 atom stereocenters. The molecule has 6 heteroatoms. The second-order valence-corrected chi connectivity index (χ2v) is 5.51. The number of carboxylic acids is 1. The van der Waals surface area contributed by atoms with E-state index in [4.69, 9.17) is 5.11 Å². The Morgan fingerprint density at radius 3 is 1.95 bits per heavy atom. The zero-order chi connectivity index (χ0) is 16.4. The van der Waals surface area contributed by atoms with Crippen molar-refractivity contribution >= 4 is 17.8 Å². The average molecular weight is 300 g/mol. The maximum atomic E-state index is 12.0. The number of carbonyl (C=O) groups excluding carboxylic acids is 2. The van der Waals surface area contributed by atoms with Crippen LogP contribution in [0.5, 0.6) is 0 Å². The standard InChI is InChI=1S/C15H28N2O4/c1-5-9-17(10-6-2)13(19)8-7-12(18)16-14(11(3)4)15(20)21/h11,14H,5-10H2,1-4H3,(H,16,18)(H,20,21)/t14-/m1/s1. The molecule has 0 aromatic carbocycles. The summed E-state index contributed by atoms with van der Waals surface area (Å²) >= 11 is 0. The molecule has 6 nitrogen and oxygen atoms in total. The van der Waals surface area contributed by atoms with Crippen molar-refractivity contribution in [1.82, 2.24) is 10.2 Å². The Morgan fingerprint density at radius 1 is 1.05 bits per heavy atom. The molecule has 0 aliphatic carbocycles. The van der Waals surface area contributed by atoms with E-state index in [2.05, 4.69) is 5.32 Å². The van der Waals surface area contributed by atoms with Crippen LogP contribution in [0.15, 0.2) is 0 Å². The van der Waals surface area contributed by atoms with Gasteiger partial charge in [0.05, 0.1) is 0 Å². The van der Waals surface area contributed by atoms with Crippen LogP contribution in [0.2, 0.25) is 0 Å². The van der Waals surface area contributed by atoms with E-state index in [1.54, 1.807) is 18.7 Å². The number of aliphatic carboxylic acids is 1. The zero-order valence-electron chi connectivity index (χ0n) is 13.5. The van der Waals surface area contributed by atoms with Gasteiger partial charge in [-0.3, -0.25) is 9.59 Å². The lowest BCUT2D eigenvalue weighted by Crippen LogP contribution is -2.44. The van der Waals surface area contributed by atoms with Crippen molar-refractivity contribution in [2.24, 2.45) is 5.92 Å². The van der Waals surface area contributed by atoms with E-state index in [0.29, 0.717) is 13.1 Å². The Bertz CT molecular complexity index is 350. The molecule has 0 aliphatic rings. The second-order valence-electron chi connectivity index (χ2n) is 5.51. The summed E-state index contributed by atoms with van der Waals surface area (Å²) in [5.41, 5.74) is 0. The summed E-state index contributed by atoms with van der Waals surface area (Å²) in [4.78, 5) is 36.5. The third-order valence-electron chi connectivity index (χ3n) is 3.15. The number of carboxylic acid groups (broad SMARTS) is 1. The van der Waals surface area contributed by atoms with Crippen molar-refractivity contribution in [2.45, 2.75) is 59.4 Å². The van der Waals surface area contributed by atoms with Crippen LogP contribution >= 0.6 is 0 Å². The first-order valence-electron chi connectivity index (χ1n) is 7.63. The van der Waals surface area contributed by atoms with Gasteiger partial charge in [-0.05, 0) is 18.8 Å². The molecule has 2 N–H and O–H groups in total. The summed E-state index contributed by atoms with van der Waals surface area (Å²) in [7, 11) is 0. The molecular formula is C15H28N2O4. The maximum absolute atomic E-state index is 12.0. The van der Waals surface area contributed by atoms with Gasteiger partial charge in [0.25, 0.3) is 0 Å². The van der Waals surface area contributed by atoms with Crippen molar-refractivity contribution in [1.29, 1.82) is 0 Å². The van der Waals surface area contributed by atoms with Gasteiger partial charge >= 0.3 is 5.97 Å². The Balaban J connectivity index is 4.33. The number of carbonyl (C=O) groups is 3. The van der Waals surface area contributed by atoms with Crippen molar-refractivity contribution in [2.75, 3.05) is 13.1 Å². The molecule has 0 unspecified atom stereocenters. The van der Waals surface area contributed by atoms with Gasteiger partial charge in [-0.15, -0.1) is 0 Å². The minimum absolute atomic E-state index is 0.0270. The largest absolute Gasteiger partial charge is 0.480 e. The Labute approximate surface area is 126 Å². The number of amides is 2. The lowest BCUT2D eigenvalue weighted by atomic mass is 10.0. The van der Waals surface area contributed by atoms with Gasteiger partial charge < -0.3 is 15.3 Å². The van der Waals surface area contributed by atoms with Gasteiger partial charge in [0.2, 0.25) is 11.8 Å². The Hall–Kier alpha value is -1.59. The number of hydrogen-bond acceptors (Lipinski definition) is 3. The average Bonchev–Trinajstić information content (AvgIpc) is 2.41. The number of nitrogens with one attached hydrogen (secondary N) is 1. The molecule has 0 fully saturated rings. The van der Waals surface area contributed by atoms with E-state index in [1.807, 2.05) is 13.8 Å². The van der Waals surface area contributed by atoms with Gasteiger partial charge in [0, 0.05) is 25.9 Å². The van der Waals surface area contributed by atoms with Crippen LogP contribution in [0.1, 0.15) is 53.4 Å². The van der Waals surface area contributed by atoms with E-state index in [1.165, 1.54) is 0 Å². The smallest absolute Gasteiger partial charge is 0.326 e. The third kappa shape index (κ3) is 7.68. The molecule has 0 spiro atoms. The SMILES string of the molecule is CCCN(CCC)C(=O)CCC(=O)N[C@@H](C(=O)O)C(C)C. The molecular weight excluding hydrogens is 272 g/mol. The van der Waals surface area contributed by atoms with Crippen molar-refractivity contribution in [3.8, 4) is 0 Å². The quantitative estimate of drug-likeness (QED) is 0.642. The first kappa shape index (κ1) is 19.4. The molecule has 0 heterocycles. The molecule has 0 saturated carbocycles. The van der Waals surface area contributed by atoms with Gasteiger partial charge in [0.15, 0.2) is 0 Å². The van der Waals surface area contributed by atoms with E-state index in [0.717, 1.165) is 12.8 Å². The molecule has 0 aliphatic heterocycles. The fourth-order valence-electron chi connectivity index (χ4n) is 2.04. The number of hydrogen-bond donors (Lipinski definition) is 2. The molecule has 21 heavy (non-hydrogen) atoms. The van der Waals surface area contributed by atoms with E-state index in [-0.39, 0.29) is 24.7 Å². The normalized spacial score (nSPS) is 12.0. The van der Waals surface area contributed by atoms with E-state index >= 15 is 0 Å². The zero-order valence-corrected chi connectivity index (χ0v) is 13.5. The minimum atomic E-state index is -1.05. The van der Waals surface area contributed by atoms with Crippen LogP contribution in [0, 0.1) is 5.92 Å². The van der Waals surface area contributed by atoms with Crippen LogP contribution in [0.25, 0.3) is 0 Å². The summed E-state index contributed by atoms with van der Waals surface area (Å²) in [6.07, 6.45) is 1.91. The number of nitrogens with zero attached hydrogens (tertiary/aromatic N) is 1. The molecule has 0 aromatic rings. The first-order valence-corrected chi connectivity index (χ1v) is 7.63. The summed E-state index contributed by atoms with van der Waals surface area (Å²) in [5, 5.41) is 11.5. The van der Waals surface area contributed by atoms with Crippen molar-refractivity contribution < 1.29 is 19.5 Å². The highest BCUT2D eigenvalue weighted by atomic mass is 16.4. The second kappa shape index (κ2) is 10.2. The Kier molecular flexibility index (Phi) is 9.41. The molecule has 0 rings (SSSR count). The third-order valence-corrected chi connectivity index (χ3v) is 3.15. The highest BCUT2D eigenvalue weighted by Gasteiger charge is 2.23. The van der Waals surface area contributed by atoms with Crippen molar-refractivity contribution in [3.05, 3.63) is 0 Å². The molecule has 0 aromatic heterocycles. The van der Waals surface area contributed by atoms with Gasteiger partial charge in [-0.25, -0.2) is 4.79 Å². The highest BCUT2D eigenvalue weighted by Crippen LogP contribution is 2.05. The van der Waals surface area contributed by atoms with E-state index in [9.17, 15) is 14.4 Å². The Morgan fingerprint density at radius 2 is 1.57 bits per heavy atom. The van der Waals surface area contributed by atoms with Gasteiger partial charge in [-0.1, -0.05) is 27.7 Å². The van der Waals surface area contributed by atoms with Crippen LogP contribution in [0.4, 0.5) is 0 Å². The maximum Gasteiger partial charge on any atom is 0.326 e. The number of rotatable bonds is 10. The summed E-state index contributed by atoms with van der Waals surface area (Å²) in [6.45, 7) is 8.85. The van der Waals surface area contributed by atoms with Crippen LogP contribution in [-0.4, -0.2) is 46.9 Å². The summed E-state index contributed by atoms with van der Waals surface area (Å²) in [6, 6.07) is -0.907. The van der Waals surface area contributed by atoms with Gasteiger partial charge in [-0.2, -0.15) is 0 Å². The minimum Gasteiger partial charge on any atom is -0.480 e. The van der Waals surface area contributed by atoms with Crippen LogP contribution in [0.3, 0.4) is 0 Å². The lowest BCUT2D eigenvalue weighted by molar-refractivity contribution is -0.143. The van der Waals surface area contributed by atoms with Gasteiger partial charge in [0.1, 0.15) is 6.04 Å². The van der Waals surface area contributed by atoms with Crippen LogP contribution < -0.4 is 5.32 Å². The fraction of sp³-hybridized carbons (Fsp3) is 0.800. The molecule has 0 saturated heterocycles. The monoisotopic (exact) mass is 300 g/mol.